The lowest BCUT2D eigenvalue weighted by Crippen LogP contribution is -2.00. The van der Waals surface area contributed by atoms with Crippen LogP contribution in [-0.4, -0.2) is 29.1 Å². The van der Waals surface area contributed by atoms with Crippen LogP contribution in [0.25, 0.3) is 100 Å². The SMILES string of the molecule is c1ccc(-c2nc(-c3ccccc3)nc(-c3ccc(-n4c5ccccc5c5cccc(-c6ccc7c8cccnc8n(-c8ccccc8)c7c6)c54)cc3)n2)cc1. The van der Waals surface area contributed by atoms with E-state index in [2.05, 4.69) is 130 Å². The van der Waals surface area contributed by atoms with Crippen molar-refractivity contribution in [3.8, 4) is 56.7 Å². The van der Waals surface area contributed by atoms with Gasteiger partial charge in [-0.05, 0) is 66.2 Å². The first-order valence-electron chi connectivity index (χ1n) is 18.7. The summed E-state index contributed by atoms with van der Waals surface area (Å²) in [5, 5.41) is 4.71. The topological polar surface area (TPSA) is 61.4 Å². The molecule has 11 rings (SSSR count). The zero-order valence-corrected chi connectivity index (χ0v) is 30.2. The monoisotopic (exact) mass is 716 g/mol. The maximum Gasteiger partial charge on any atom is 0.164 e. The second-order valence-corrected chi connectivity index (χ2v) is 13.9. The molecule has 56 heavy (non-hydrogen) atoms. The molecule has 0 saturated carbocycles. The largest absolute Gasteiger partial charge is 0.309 e. The molecule has 6 nitrogen and oxygen atoms in total. The lowest BCUT2D eigenvalue weighted by atomic mass is 10.0. The summed E-state index contributed by atoms with van der Waals surface area (Å²) in [5.74, 6) is 1.91. The second-order valence-electron chi connectivity index (χ2n) is 13.9. The van der Waals surface area contributed by atoms with Gasteiger partial charge in [0.2, 0.25) is 0 Å². The molecule has 0 bridgehead atoms. The van der Waals surface area contributed by atoms with E-state index in [9.17, 15) is 0 Å². The summed E-state index contributed by atoms with van der Waals surface area (Å²) in [6.07, 6.45) is 1.87. The van der Waals surface area contributed by atoms with Gasteiger partial charge < -0.3 is 4.57 Å². The van der Waals surface area contributed by atoms with Gasteiger partial charge in [-0.3, -0.25) is 4.57 Å². The average molecular weight is 717 g/mol. The van der Waals surface area contributed by atoms with E-state index in [1.54, 1.807) is 0 Å². The van der Waals surface area contributed by atoms with Gasteiger partial charge in [-0.15, -0.1) is 0 Å². The summed E-state index contributed by atoms with van der Waals surface area (Å²) in [4.78, 5) is 19.7. The van der Waals surface area contributed by atoms with E-state index in [0.717, 1.165) is 66.8 Å². The lowest BCUT2D eigenvalue weighted by Gasteiger charge is -2.13. The molecule has 0 radical (unpaired) electrons. The smallest absolute Gasteiger partial charge is 0.164 e. The molecule has 0 fully saturated rings. The third-order valence-corrected chi connectivity index (χ3v) is 10.6. The highest BCUT2D eigenvalue weighted by Crippen LogP contribution is 2.40. The predicted octanol–water partition coefficient (Wildman–Crippen LogP) is 12.1. The van der Waals surface area contributed by atoms with Gasteiger partial charge in [-0.1, -0.05) is 127 Å². The van der Waals surface area contributed by atoms with Gasteiger partial charge in [0, 0.05) is 61.4 Å². The van der Waals surface area contributed by atoms with Gasteiger partial charge in [-0.25, -0.2) is 19.9 Å². The standard InChI is InChI=1S/C50H32N6/c1-4-14-33(15-5-1)47-52-48(34-16-6-2-7-17-34)54-49(53-47)35-25-28-38(29-26-35)55-44-24-11-10-20-40(44)42-22-12-21-39(46(42)55)36-27-30-41-43-23-13-31-51-50(43)56(45(41)32-36)37-18-8-3-9-19-37/h1-32H. The Kier molecular flexibility index (Phi) is 7.38. The van der Waals surface area contributed by atoms with E-state index in [1.807, 2.05) is 72.9 Å². The summed E-state index contributed by atoms with van der Waals surface area (Å²) < 4.78 is 4.66. The molecule has 11 aromatic rings. The molecule has 4 aromatic heterocycles. The Balaban J connectivity index is 1.09. The third kappa shape index (κ3) is 5.19. The molecule has 6 heteroatoms. The molecule has 0 saturated heterocycles. The van der Waals surface area contributed by atoms with Gasteiger partial charge in [0.05, 0.1) is 16.6 Å². The van der Waals surface area contributed by atoms with E-state index in [-0.39, 0.29) is 0 Å². The fourth-order valence-electron chi connectivity index (χ4n) is 8.07. The maximum atomic E-state index is 4.98. The van der Waals surface area contributed by atoms with Crippen LogP contribution >= 0.6 is 0 Å². The zero-order chi connectivity index (χ0) is 37.0. The van der Waals surface area contributed by atoms with Crippen molar-refractivity contribution in [1.29, 1.82) is 0 Å². The summed E-state index contributed by atoms with van der Waals surface area (Å²) in [6.45, 7) is 0. The Morgan fingerprint density at radius 1 is 0.339 bits per heavy atom. The summed E-state index contributed by atoms with van der Waals surface area (Å²) >= 11 is 0. The molecule has 262 valence electrons. The van der Waals surface area contributed by atoms with Crippen molar-refractivity contribution in [2.75, 3.05) is 0 Å². The molecule has 0 unspecified atom stereocenters. The molecule has 0 aliphatic heterocycles. The first kappa shape index (κ1) is 31.8. The predicted molar refractivity (Wildman–Crippen MR) is 228 cm³/mol. The number of aromatic nitrogens is 6. The molecule has 0 aliphatic rings. The van der Waals surface area contributed by atoms with Crippen LogP contribution in [0.3, 0.4) is 0 Å². The fourth-order valence-corrected chi connectivity index (χ4v) is 8.07. The summed E-state index contributed by atoms with van der Waals surface area (Å²) in [7, 11) is 0. The summed E-state index contributed by atoms with van der Waals surface area (Å²) in [6, 6.07) is 65.6. The number of pyridine rings is 1. The first-order chi connectivity index (χ1) is 27.8. The van der Waals surface area contributed by atoms with Crippen molar-refractivity contribution < 1.29 is 0 Å². The second kappa shape index (κ2) is 13.0. The van der Waals surface area contributed by atoms with Crippen LogP contribution in [-0.2, 0) is 0 Å². The van der Waals surface area contributed by atoms with Crippen LogP contribution in [0.15, 0.2) is 194 Å². The Labute approximate surface area is 322 Å². The number of rotatable bonds is 6. The lowest BCUT2D eigenvalue weighted by molar-refractivity contribution is 1.07. The van der Waals surface area contributed by atoms with Crippen molar-refractivity contribution in [2.24, 2.45) is 0 Å². The van der Waals surface area contributed by atoms with Crippen LogP contribution in [0.4, 0.5) is 0 Å². The fraction of sp³-hybridized carbons (Fsp3) is 0. The Morgan fingerprint density at radius 2 is 0.875 bits per heavy atom. The minimum Gasteiger partial charge on any atom is -0.309 e. The van der Waals surface area contributed by atoms with Crippen molar-refractivity contribution in [3.05, 3.63) is 194 Å². The third-order valence-electron chi connectivity index (χ3n) is 10.6. The minimum absolute atomic E-state index is 0.628. The van der Waals surface area contributed by atoms with Crippen molar-refractivity contribution in [1.82, 2.24) is 29.1 Å². The van der Waals surface area contributed by atoms with Crippen LogP contribution in [0.1, 0.15) is 0 Å². The molecule has 7 aromatic carbocycles. The average Bonchev–Trinajstić information content (AvgIpc) is 3.80. The first-order valence-corrected chi connectivity index (χ1v) is 18.7. The molecule has 0 atom stereocenters. The van der Waals surface area contributed by atoms with Gasteiger partial charge in [0.15, 0.2) is 17.5 Å². The van der Waals surface area contributed by atoms with Crippen molar-refractivity contribution in [3.63, 3.8) is 0 Å². The maximum absolute atomic E-state index is 4.98. The van der Waals surface area contributed by atoms with Crippen LogP contribution in [0.5, 0.6) is 0 Å². The van der Waals surface area contributed by atoms with Crippen molar-refractivity contribution >= 4 is 43.7 Å². The number of para-hydroxylation sites is 3. The Hall–Kier alpha value is -7.70. The van der Waals surface area contributed by atoms with Gasteiger partial charge in [-0.2, -0.15) is 0 Å². The van der Waals surface area contributed by atoms with Gasteiger partial charge in [0.25, 0.3) is 0 Å². The highest BCUT2D eigenvalue weighted by atomic mass is 15.1. The molecule has 0 amide bonds. The highest BCUT2D eigenvalue weighted by molar-refractivity contribution is 6.15. The normalized spacial score (nSPS) is 11.6. The van der Waals surface area contributed by atoms with Gasteiger partial charge >= 0.3 is 0 Å². The zero-order valence-electron chi connectivity index (χ0n) is 30.2. The van der Waals surface area contributed by atoms with E-state index in [1.165, 1.54) is 16.2 Å². The number of nitrogens with zero attached hydrogens (tertiary/aromatic N) is 6. The van der Waals surface area contributed by atoms with Crippen LogP contribution in [0.2, 0.25) is 0 Å². The quantitative estimate of drug-likeness (QED) is 0.172. The minimum atomic E-state index is 0.628. The molecular formula is C50H32N6. The number of fused-ring (bicyclic) bond motifs is 6. The molecule has 0 aliphatic carbocycles. The van der Waals surface area contributed by atoms with Crippen LogP contribution < -0.4 is 0 Å². The molecule has 0 spiro atoms. The number of hydrogen-bond acceptors (Lipinski definition) is 4. The molecule has 4 heterocycles. The van der Waals surface area contributed by atoms with Crippen LogP contribution in [0, 0.1) is 0 Å². The number of hydrogen-bond donors (Lipinski definition) is 0. The van der Waals surface area contributed by atoms with Gasteiger partial charge in [0.1, 0.15) is 5.65 Å². The van der Waals surface area contributed by atoms with E-state index >= 15 is 0 Å². The molecule has 0 N–H and O–H groups in total. The molecular weight excluding hydrogens is 685 g/mol. The van der Waals surface area contributed by atoms with Crippen molar-refractivity contribution in [2.45, 2.75) is 0 Å². The highest BCUT2D eigenvalue weighted by Gasteiger charge is 2.19. The Bertz CT molecular complexity index is 3160. The Morgan fingerprint density at radius 3 is 1.57 bits per heavy atom. The summed E-state index contributed by atoms with van der Waals surface area (Å²) in [5.41, 5.74) is 11.6. The number of benzene rings is 7. The van der Waals surface area contributed by atoms with E-state index in [4.69, 9.17) is 19.9 Å². The van der Waals surface area contributed by atoms with E-state index in [0.29, 0.717) is 17.5 Å². The van der Waals surface area contributed by atoms with E-state index < -0.39 is 0 Å².